The fraction of sp³-hybridized carbons (Fsp3) is 0.111. The van der Waals surface area contributed by atoms with Crippen LogP contribution in [0.3, 0.4) is 0 Å². The second-order valence-corrected chi connectivity index (χ2v) is 11.0. The number of hydrogen-bond acceptors (Lipinski definition) is 6. The molecule has 0 aliphatic carbocycles. The van der Waals surface area contributed by atoms with E-state index in [2.05, 4.69) is 10.0 Å². The van der Waals surface area contributed by atoms with Gasteiger partial charge in [-0.2, -0.15) is 0 Å². The fourth-order valence-electron chi connectivity index (χ4n) is 3.44. The molecule has 0 fully saturated rings. The average molecular weight is 521 g/mol. The lowest BCUT2D eigenvalue weighted by Gasteiger charge is -2.19. The number of hydrogen-bond donors (Lipinski definition) is 2. The predicted octanol–water partition coefficient (Wildman–Crippen LogP) is 5.70. The molecule has 4 rings (SSSR count). The number of rotatable bonds is 8. The van der Waals surface area contributed by atoms with Gasteiger partial charge in [0.25, 0.3) is 15.9 Å². The van der Waals surface area contributed by atoms with E-state index < -0.39 is 28.0 Å². The summed E-state index contributed by atoms with van der Waals surface area (Å²) < 4.78 is 33.1. The number of thiophene rings is 1. The lowest BCUT2D eigenvalue weighted by Crippen LogP contribution is -2.26. The van der Waals surface area contributed by atoms with Gasteiger partial charge in [0.1, 0.15) is 4.21 Å². The van der Waals surface area contributed by atoms with Gasteiger partial charge in [0, 0.05) is 16.9 Å². The van der Waals surface area contributed by atoms with Crippen molar-refractivity contribution < 1.29 is 22.7 Å². The summed E-state index contributed by atoms with van der Waals surface area (Å²) in [5.74, 6) is -1.20. The van der Waals surface area contributed by atoms with E-state index in [-0.39, 0.29) is 9.77 Å². The number of benzene rings is 3. The van der Waals surface area contributed by atoms with E-state index in [0.29, 0.717) is 16.9 Å². The van der Waals surface area contributed by atoms with Crippen molar-refractivity contribution in [2.24, 2.45) is 0 Å². The zero-order chi connectivity index (χ0) is 25.7. The molecular weight excluding hydrogens is 496 g/mol. The Morgan fingerprint density at radius 3 is 2.28 bits per heavy atom. The first-order valence-corrected chi connectivity index (χ1v) is 13.4. The largest absolute Gasteiger partial charge is 0.444 e. The molecule has 0 bridgehead atoms. The van der Waals surface area contributed by atoms with Crippen LogP contribution in [0.15, 0.2) is 94.5 Å². The highest BCUT2D eigenvalue weighted by molar-refractivity contribution is 7.94. The molecule has 3 aromatic carbocycles. The van der Waals surface area contributed by atoms with Crippen LogP contribution >= 0.6 is 11.3 Å². The van der Waals surface area contributed by atoms with Crippen molar-refractivity contribution in [3.8, 4) is 0 Å². The predicted molar refractivity (Wildman–Crippen MR) is 141 cm³/mol. The number of sulfonamides is 1. The third-order valence-electron chi connectivity index (χ3n) is 5.35. The van der Waals surface area contributed by atoms with Gasteiger partial charge >= 0.3 is 5.97 Å². The second-order valence-electron chi connectivity index (χ2n) is 8.12. The van der Waals surface area contributed by atoms with E-state index in [1.54, 1.807) is 41.8 Å². The number of carbonyl (C=O) groups excluding carboxylic acids is 2. The summed E-state index contributed by atoms with van der Waals surface area (Å²) in [5.41, 5.74) is 3.50. The topological polar surface area (TPSA) is 102 Å². The molecule has 1 aromatic heterocycles. The molecule has 1 amide bonds. The Hall–Kier alpha value is -3.95. The molecular formula is C27H24N2O5S2. The first kappa shape index (κ1) is 25.2. The molecule has 0 saturated heterocycles. The minimum Gasteiger partial charge on any atom is -0.444 e. The SMILES string of the molecule is Cc1ccc(C)c(NC(=O)[C@H](OC(=O)c2ccc(NS(=O)(=O)c3cccs3)cc2)c2ccccc2)c1. The molecule has 9 heteroatoms. The maximum absolute atomic E-state index is 13.2. The highest BCUT2D eigenvalue weighted by Gasteiger charge is 2.26. The number of esters is 1. The molecule has 0 spiro atoms. The maximum atomic E-state index is 13.2. The third kappa shape index (κ3) is 5.99. The zero-order valence-electron chi connectivity index (χ0n) is 19.6. The van der Waals surface area contributed by atoms with Crippen LogP contribution in [-0.4, -0.2) is 20.3 Å². The first-order chi connectivity index (χ1) is 17.2. The summed E-state index contributed by atoms with van der Waals surface area (Å²) in [5, 5.41) is 4.54. The Bertz CT molecular complexity index is 1470. The van der Waals surface area contributed by atoms with Crippen LogP contribution in [0.2, 0.25) is 0 Å². The van der Waals surface area contributed by atoms with Crippen LogP contribution in [0, 0.1) is 13.8 Å². The van der Waals surface area contributed by atoms with Crippen molar-refractivity contribution in [3.63, 3.8) is 0 Å². The summed E-state index contributed by atoms with van der Waals surface area (Å²) in [6.07, 6.45) is -1.18. The summed E-state index contributed by atoms with van der Waals surface area (Å²) in [7, 11) is -3.71. The number of nitrogens with one attached hydrogen (secondary N) is 2. The molecule has 0 saturated carbocycles. The smallest absolute Gasteiger partial charge is 0.339 e. The molecule has 1 heterocycles. The molecule has 184 valence electrons. The van der Waals surface area contributed by atoms with Gasteiger partial charge in [0.2, 0.25) is 6.10 Å². The fourth-order valence-corrected chi connectivity index (χ4v) is 5.49. The quantitative estimate of drug-likeness (QED) is 0.290. The highest BCUT2D eigenvalue weighted by atomic mass is 32.2. The van der Waals surface area contributed by atoms with Gasteiger partial charge in [-0.15, -0.1) is 11.3 Å². The van der Waals surface area contributed by atoms with Crippen LogP contribution in [0.4, 0.5) is 11.4 Å². The van der Waals surface area contributed by atoms with E-state index in [1.165, 1.54) is 30.3 Å². The highest BCUT2D eigenvalue weighted by Crippen LogP contribution is 2.25. The Morgan fingerprint density at radius 2 is 1.61 bits per heavy atom. The minimum absolute atomic E-state index is 0.175. The molecule has 1 atom stereocenters. The summed E-state index contributed by atoms with van der Waals surface area (Å²) in [6, 6.07) is 23.4. The molecule has 2 N–H and O–H groups in total. The van der Waals surface area contributed by atoms with Gasteiger partial charge in [-0.25, -0.2) is 13.2 Å². The average Bonchev–Trinajstić information content (AvgIpc) is 3.42. The molecule has 0 radical (unpaired) electrons. The van der Waals surface area contributed by atoms with Crippen molar-refractivity contribution in [1.82, 2.24) is 0 Å². The summed E-state index contributed by atoms with van der Waals surface area (Å²) in [4.78, 5) is 26.2. The summed E-state index contributed by atoms with van der Waals surface area (Å²) >= 11 is 1.10. The van der Waals surface area contributed by atoms with E-state index in [4.69, 9.17) is 4.74 Å². The van der Waals surface area contributed by atoms with E-state index in [1.807, 2.05) is 32.0 Å². The maximum Gasteiger partial charge on any atom is 0.339 e. The minimum atomic E-state index is -3.71. The number of amides is 1. The van der Waals surface area contributed by atoms with Crippen LogP contribution in [0.25, 0.3) is 0 Å². The first-order valence-electron chi connectivity index (χ1n) is 11.0. The Morgan fingerprint density at radius 1 is 0.889 bits per heavy atom. The molecule has 0 aliphatic heterocycles. The number of aryl methyl sites for hydroxylation is 2. The summed E-state index contributed by atoms with van der Waals surface area (Å²) in [6.45, 7) is 3.81. The monoisotopic (exact) mass is 520 g/mol. The van der Waals surface area contributed by atoms with Crippen LogP contribution in [0.1, 0.15) is 33.2 Å². The van der Waals surface area contributed by atoms with E-state index >= 15 is 0 Å². The zero-order valence-corrected chi connectivity index (χ0v) is 21.2. The molecule has 36 heavy (non-hydrogen) atoms. The van der Waals surface area contributed by atoms with Crippen molar-refractivity contribution in [2.75, 3.05) is 10.0 Å². The van der Waals surface area contributed by atoms with Gasteiger partial charge in [-0.3, -0.25) is 9.52 Å². The molecule has 0 unspecified atom stereocenters. The number of anilines is 2. The van der Waals surface area contributed by atoms with Crippen molar-refractivity contribution >= 4 is 44.6 Å². The van der Waals surface area contributed by atoms with Crippen LogP contribution in [0.5, 0.6) is 0 Å². The molecule has 0 aliphatic rings. The van der Waals surface area contributed by atoms with E-state index in [9.17, 15) is 18.0 Å². The van der Waals surface area contributed by atoms with Crippen molar-refractivity contribution in [3.05, 3.63) is 113 Å². The third-order valence-corrected chi connectivity index (χ3v) is 8.13. The van der Waals surface area contributed by atoms with Gasteiger partial charge in [0.15, 0.2) is 0 Å². The Labute approximate surface area is 213 Å². The number of ether oxygens (including phenoxy) is 1. The van der Waals surface area contributed by atoms with E-state index in [0.717, 1.165) is 22.5 Å². The van der Waals surface area contributed by atoms with Crippen LogP contribution < -0.4 is 10.0 Å². The Balaban J connectivity index is 1.52. The van der Waals surface area contributed by atoms with Gasteiger partial charge in [-0.1, -0.05) is 48.5 Å². The number of carbonyl (C=O) groups is 2. The molecule has 4 aromatic rings. The Kier molecular flexibility index (Phi) is 7.52. The lowest BCUT2D eigenvalue weighted by molar-refractivity contribution is -0.125. The second kappa shape index (κ2) is 10.8. The molecule has 7 nitrogen and oxygen atoms in total. The van der Waals surface area contributed by atoms with Crippen LogP contribution in [-0.2, 0) is 19.6 Å². The van der Waals surface area contributed by atoms with Gasteiger partial charge < -0.3 is 10.1 Å². The van der Waals surface area contributed by atoms with Crippen molar-refractivity contribution in [2.45, 2.75) is 24.2 Å². The van der Waals surface area contributed by atoms with Gasteiger partial charge in [0.05, 0.1) is 5.56 Å². The van der Waals surface area contributed by atoms with Gasteiger partial charge in [-0.05, 0) is 66.8 Å². The lowest BCUT2D eigenvalue weighted by atomic mass is 10.1. The normalized spacial score (nSPS) is 11.9. The standard InChI is InChI=1S/C27H24N2O5S2/c1-18-10-11-19(2)23(17-18)28-26(30)25(20-7-4-3-5-8-20)34-27(31)21-12-14-22(15-13-21)29-36(32,33)24-9-6-16-35-24/h3-17,25,29H,1-2H3,(H,28,30)/t25-/m1/s1. The van der Waals surface area contributed by atoms with Crippen molar-refractivity contribution in [1.29, 1.82) is 0 Å².